The van der Waals surface area contributed by atoms with Gasteiger partial charge in [-0.05, 0) is 67.1 Å². The van der Waals surface area contributed by atoms with Gasteiger partial charge in [0.1, 0.15) is 18.2 Å². The molecule has 6 nitrogen and oxygen atoms in total. The van der Waals surface area contributed by atoms with Crippen molar-refractivity contribution < 1.29 is 13.6 Å². The summed E-state index contributed by atoms with van der Waals surface area (Å²) in [6.45, 7) is 1.24. The Hall–Kier alpha value is -3.94. The van der Waals surface area contributed by atoms with Gasteiger partial charge in [-0.3, -0.25) is 9.78 Å². The summed E-state index contributed by atoms with van der Waals surface area (Å²) in [5, 5.41) is 4.53. The lowest BCUT2D eigenvalue weighted by Crippen LogP contribution is -2.32. The van der Waals surface area contributed by atoms with Crippen molar-refractivity contribution in [1.82, 2.24) is 24.6 Å². The van der Waals surface area contributed by atoms with Crippen molar-refractivity contribution in [2.24, 2.45) is 0 Å². The van der Waals surface area contributed by atoms with Gasteiger partial charge in [0.2, 0.25) is 5.91 Å². The van der Waals surface area contributed by atoms with Crippen LogP contribution in [0.2, 0.25) is 0 Å². The van der Waals surface area contributed by atoms with Crippen LogP contribution in [0.5, 0.6) is 0 Å². The Morgan fingerprint density at radius 3 is 2.30 bits per heavy atom. The Labute approximate surface area is 189 Å². The molecule has 0 radical (unpaired) electrons. The van der Waals surface area contributed by atoms with E-state index in [1.165, 1.54) is 28.9 Å². The number of carbonyl (C=O) groups is 1. The molecule has 33 heavy (non-hydrogen) atoms. The van der Waals surface area contributed by atoms with E-state index in [-0.39, 0.29) is 30.0 Å². The third-order valence-electron chi connectivity index (χ3n) is 5.81. The van der Waals surface area contributed by atoms with Crippen molar-refractivity contribution >= 4 is 5.91 Å². The zero-order valence-corrected chi connectivity index (χ0v) is 17.7. The standard InChI is InChI=1S/C25H21F2N5O/c26-20-8-4-17(5-9-20)24-29-25(18-6-10-21(27)11-7-18)32(30-24)16-23(33)31-14-12-19(15-31)22-3-1-2-13-28-22/h1-11,13,19H,12,14-16H2. The van der Waals surface area contributed by atoms with E-state index >= 15 is 0 Å². The van der Waals surface area contributed by atoms with Crippen LogP contribution in [0.15, 0.2) is 72.9 Å². The van der Waals surface area contributed by atoms with Crippen molar-refractivity contribution in [3.63, 3.8) is 0 Å². The van der Waals surface area contributed by atoms with E-state index in [4.69, 9.17) is 0 Å². The third-order valence-corrected chi connectivity index (χ3v) is 5.81. The second kappa shape index (κ2) is 8.90. The lowest BCUT2D eigenvalue weighted by atomic mass is 10.0. The van der Waals surface area contributed by atoms with Crippen molar-refractivity contribution in [2.75, 3.05) is 13.1 Å². The monoisotopic (exact) mass is 445 g/mol. The first-order valence-corrected chi connectivity index (χ1v) is 10.7. The van der Waals surface area contributed by atoms with Gasteiger partial charge in [-0.15, -0.1) is 5.10 Å². The molecule has 1 amide bonds. The molecular formula is C25H21F2N5O. The minimum Gasteiger partial charge on any atom is -0.340 e. The van der Waals surface area contributed by atoms with Crippen LogP contribution in [0.4, 0.5) is 8.78 Å². The molecule has 5 rings (SSSR count). The molecule has 0 spiro atoms. The molecule has 2 aromatic heterocycles. The van der Waals surface area contributed by atoms with Gasteiger partial charge in [0.15, 0.2) is 11.6 Å². The number of aromatic nitrogens is 4. The molecular weight excluding hydrogens is 424 g/mol. The molecule has 1 saturated heterocycles. The summed E-state index contributed by atoms with van der Waals surface area (Å²) in [6, 6.07) is 17.5. The number of nitrogens with zero attached hydrogens (tertiary/aromatic N) is 5. The number of hydrogen-bond donors (Lipinski definition) is 0. The lowest BCUT2D eigenvalue weighted by Gasteiger charge is -2.17. The predicted octanol–water partition coefficient (Wildman–Crippen LogP) is 4.30. The molecule has 166 valence electrons. The van der Waals surface area contributed by atoms with E-state index in [1.807, 2.05) is 23.1 Å². The molecule has 4 aromatic rings. The zero-order chi connectivity index (χ0) is 22.8. The topological polar surface area (TPSA) is 63.9 Å². The normalized spacial score (nSPS) is 15.7. The molecule has 8 heteroatoms. The fourth-order valence-corrected chi connectivity index (χ4v) is 4.06. The smallest absolute Gasteiger partial charge is 0.244 e. The summed E-state index contributed by atoms with van der Waals surface area (Å²) in [4.78, 5) is 23.9. The van der Waals surface area contributed by atoms with E-state index in [9.17, 15) is 13.6 Å². The summed E-state index contributed by atoms with van der Waals surface area (Å²) in [5.74, 6) is 0.225. The third kappa shape index (κ3) is 4.50. The van der Waals surface area contributed by atoms with Gasteiger partial charge in [0.25, 0.3) is 0 Å². The number of hydrogen-bond acceptors (Lipinski definition) is 4. The molecule has 1 fully saturated rings. The molecule has 0 N–H and O–H groups in total. The number of pyridine rings is 1. The van der Waals surface area contributed by atoms with Crippen LogP contribution in [0, 0.1) is 11.6 Å². The molecule has 3 heterocycles. The maximum atomic E-state index is 13.5. The van der Waals surface area contributed by atoms with E-state index in [0.29, 0.717) is 35.9 Å². The van der Waals surface area contributed by atoms with Gasteiger partial charge in [0, 0.05) is 42.0 Å². The number of rotatable bonds is 5. The van der Waals surface area contributed by atoms with Crippen LogP contribution in [0.1, 0.15) is 18.0 Å². The maximum Gasteiger partial charge on any atom is 0.244 e. The van der Waals surface area contributed by atoms with E-state index in [1.54, 1.807) is 30.5 Å². The molecule has 1 aliphatic rings. The first kappa shape index (κ1) is 20.9. The van der Waals surface area contributed by atoms with Crippen LogP contribution >= 0.6 is 0 Å². The van der Waals surface area contributed by atoms with Gasteiger partial charge in [-0.25, -0.2) is 18.4 Å². The highest BCUT2D eigenvalue weighted by molar-refractivity contribution is 5.77. The summed E-state index contributed by atoms with van der Waals surface area (Å²) in [5.41, 5.74) is 2.25. The average molecular weight is 445 g/mol. The largest absolute Gasteiger partial charge is 0.340 e. The van der Waals surface area contributed by atoms with Gasteiger partial charge < -0.3 is 4.90 Å². The Balaban J connectivity index is 1.41. The quantitative estimate of drug-likeness (QED) is 0.460. The summed E-state index contributed by atoms with van der Waals surface area (Å²) in [7, 11) is 0. The number of halogens is 2. The first-order valence-electron chi connectivity index (χ1n) is 10.7. The molecule has 0 bridgehead atoms. The summed E-state index contributed by atoms with van der Waals surface area (Å²) in [6.07, 6.45) is 2.62. The second-order valence-electron chi connectivity index (χ2n) is 8.01. The van der Waals surface area contributed by atoms with Crippen LogP contribution in [0.25, 0.3) is 22.8 Å². The second-order valence-corrected chi connectivity index (χ2v) is 8.01. The Morgan fingerprint density at radius 1 is 0.939 bits per heavy atom. The zero-order valence-electron chi connectivity index (χ0n) is 17.7. The van der Waals surface area contributed by atoms with Gasteiger partial charge in [0.05, 0.1) is 0 Å². The van der Waals surface area contributed by atoms with E-state index in [2.05, 4.69) is 15.1 Å². The molecule has 1 unspecified atom stereocenters. The van der Waals surface area contributed by atoms with Crippen LogP contribution in [0.3, 0.4) is 0 Å². The molecule has 1 aliphatic heterocycles. The maximum absolute atomic E-state index is 13.5. The molecule has 0 aliphatic carbocycles. The minimum atomic E-state index is -0.364. The summed E-state index contributed by atoms with van der Waals surface area (Å²) < 4.78 is 28.3. The SMILES string of the molecule is O=C(Cn1nc(-c2ccc(F)cc2)nc1-c1ccc(F)cc1)N1CCC(c2ccccn2)C1. The van der Waals surface area contributed by atoms with Gasteiger partial charge in [-0.1, -0.05) is 6.07 Å². The number of benzene rings is 2. The van der Waals surface area contributed by atoms with Crippen LogP contribution in [-0.4, -0.2) is 43.6 Å². The molecule has 0 saturated carbocycles. The van der Waals surface area contributed by atoms with Crippen LogP contribution in [-0.2, 0) is 11.3 Å². The van der Waals surface area contributed by atoms with Gasteiger partial charge >= 0.3 is 0 Å². The highest BCUT2D eigenvalue weighted by Gasteiger charge is 2.29. The highest BCUT2D eigenvalue weighted by Crippen LogP contribution is 2.27. The highest BCUT2D eigenvalue weighted by atomic mass is 19.1. The number of carbonyl (C=O) groups excluding carboxylic acids is 1. The minimum absolute atomic E-state index is 0.00412. The van der Waals surface area contributed by atoms with Crippen LogP contribution < -0.4 is 0 Å². The molecule has 2 aromatic carbocycles. The Morgan fingerprint density at radius 2 is 1.64 bits per heavy atom. The number of amides is 1. The number of likely N-dealkylation sites (tertiary alicyclic amines) is 1. The van der Waals surface area contributed by atoms with Gasteiger partial charge in [-0.2, -0.15) is 0 Å². The summed E-state index contributed by atoms with van der Waals surface area (Å²) >= 11 is 0. The average Bonchev–Trinajstić information content (AvgIpc) is 3.49. The first-order chi connectivity index (χ1) is 16.1. The molecule has 1 atom stereocenters. The van der Waals surface area contributed by atoms with Crippen molar-refractivity contribution in [3.05, 3.63) is 90.3 Å². The fraction of sp³-hybridized carbons (Fsp3) is 0.200. The Bertz CT molecular complexity index is 1260. The van der Waals surface area contributed by atoms with Crippen molar-refractivity contribution in [3.8, 4) is 22.8 Å². The van der Waals surface area contributed by atoms with E-state index in [0.717, 1.165) is 12.1 Å². The van der Waals surface area contributed by atoms with Crippen molar-refractivity contribution in [1.29, 1.82) is 0 Å². The van der Waals surface area contributed by atoms with Crippen molar-refractivity contribution in [2.45, 2.75) is 18.9 Å². The Kier molecular flexibility index (Phi) is 5.64. The fourth-order valence-electron chi connectivity index (χ4n) is 4.06. The predicted molar refractivity (Wildman–Crippen MR) is 119 cm³/mol. The van der Waals surface area contributed by atoms with E-state index < -0.39 is 0 Å². The lowest BCUT2D eigenvalue weighted by molar-refractivity contribution is -0.131.